The van der Waals surface area contributed by atoms with Crippen molar-refractivity contribution < 1.29 is 17.6 Å². The van der Waals surface area contributed by atoms with Gasteiger partial charge in [0.2, 0.25) is 10.0 Å². The fourth-order valence-corrected chi connectivity index (χ4v) is 3.72. The Balaban J connectivity index is 2.39. The van der Waals surface area contributed by atoms with E-state index in [4.69, 9.17) is 0 Å². The van der Waals surface area contributed by atoms with Crippen molar-refractivity contribution in [2.24, 2.45) is 0 Å². The van der Waals surface area contributed by atoms with Crippen molar-refractivity contribution in [3.63, 3.8) is 0 Å². The van der Waals surface area contributed by atoms with Crippen LogP contribution in [0, 0.1) is 12.7 Å². The predicted octanol–water partition coefficient (Wildman–Crippen LogP) is 3.97. The molecule has 0 radical (unpaired) electrons. The normalized spacial score (nSPS) is 11.4. The lowest BCUT2D eigenvalue weighted by Crippen LogP contribution is -2.25. The molecule has 0 aliphatic rings. The molecule has 27 heavy (non-hydrogen) atoms. The van der Waals surface area contributed by atoms with Crippen LogP contribution in [-0.2, 0) is 10.0 Å². The maximum absolute atomic E-state index is 14.0. The molecule has 0 saturated carbocycles. The summed E-state index contributed by atoms with van der Waals surface area (Å²) in [6.45, 7) is 9.28. The monoisotopic (exact) mass is 390 g/mol. The zero-order valence-corrected chi connectivity index (χ0v) is 16.4. The first kappa shape index (κ1) is 20.8. The lowest BCUT2D eigenvalue weighted by molar-refractivity contribution is 0.102. The first-order valence-corrected chi connectivity index (χ1v) is 9.96. The van der Waals surface area contributed by atoms with Crippen LogP contribution in [0.2, 0.25) is 0 Å². The molecule has 2 aromatic carbocycles. The van der Waals surface area contributed by atoms with E-state index >= 15 is 0 Å². The van der Waals surface area contributed by atoms with Crippen LogP contribution in [0.5, 0.6) is 0 Å². The van der Waals surface area contributed by atoms with E-state index in [-0.39, 0.29) is 18.0 Å². The Morgan fingerprint density at radius 3 is 2.59 bits per heavy atom. The highest BCUT2D eigenvalue weighted by Gasteiger charge is 2.21. The second kappa shape index (κ2) is 8.45. The molecule has 0 aliphatic carbocycles. The van der Waals surface area contributed by atoms with Gasteiger partial charge >= 0.3 is 0 Å². The Morgan fingerprint density at radius 2 is 1.96 bits per heavy atom. The first-order chi connectivity index (χ1) is 12.7. The molecule has 0 atom stereocenters. The summed E-state index contributed by atoms with van der Waals surface area (Å²) in [5.74, 6) is -1.25. The molecule has 5 nitrogen and oxygen atoms in total. The molecule has 0 bridgehead atoms. The van der Waals surface area contributed by atoms with E-state index in [1.54, 1.807) is 0 Å². The number of hydrogen-bond donors (Lipinski definition) is 2. The number of carbonyl (C=O) groups is 1. The minimum Gasteiger partial charge on any atom is -0.321 e. The van der Waals surface area contributed by atoms with Gasteiger partial charge in [-0.2, -0.15) is 0 Å². The van der Waals surface area contributed by atoms with E-state index < -0.39 is 26.6 Å². The van der Waals surface area contributed by atoms with Crippen molar-refractivity contribution in [2.45, 2.75) is 31.6 Å². The number of amides is 1. The molecular formula is C20H23FN2O3S. The molecule has 0 saturated heterocycles. The Bertz CT molecular complexity index is 969. The maximum atomic E-state index is 14.0. The Labute approximate surface area is 159 Å². The van der Waals surface area contributed by atoms with Gasteiger partial charge in [-0.05, 0) is 42.2 Å². The summed E-state index contributed by atoms with van der Waals surface area (Å²) in [6.07, 6.45) is 1.34. The summed E-state index contributed by atoms with van der Waals surface area (Å²) in [5, 5.41) is 2.82. The first-order valence-electron chi connectivity index (χ1n) is 8.48. The molecule has 2 rings (SSSR count). The molecule has 0 aliphatic heterocycles. The highest BCUT2D eigenvalue weighted by atomic mass is 32.2. The van der Waals surface area contributed by atoms with Crippen molar-refractivity contribution >= 4 is 21.6 Å². The lowest BCUT2D eigenvalue weighted by atomic mass is 9.98. The minimum atomic E-state index is -4.09. The highest BCUT2D eigenvalue weighted by molar-refractivity contribution is 7.89. The van der Waals surface area contributed by atoms with Crippen LogP contribution in [-0.4, -0.2) is 20.9 Å². The van der Waals surface area contributed by atoms with E-state index in [2.05, 4.69) is 16.6 Å². The van der Waals surface area contributed by atoms with Gasteiger partial charge in [0, 0.05) is 17.8 Å². The van der Waals surface area contributed by atoms with Gasteiger partial charge in [-0.15, -0.1) is 6.58 Å². The Hall–Kier alpha value is -2.51. The third-order valence-corrected chi connectivity index (χ3v) is 5.50. The standard InChI is InChI=1S/C20H23FN2O3S/c1-5-11-22-27(25,26)18-12-15(9-10-17(18)21)20(24)23-19-14(4)7-6-8-16(19)13(2)3/h5-10,12-13,22H,1,11H2,2-4H3,(H,23,24). The number of hydrogen-bond acceptors (Lipinski definition) is 3. The summed E-state index contributed by atoms with van der Waals surface area (Å²) in [5.41, 5.74) is 2.58. The van der Waals surface area contributed by atoms with Crippen LogP contribution in [0.15, 0.2) is 53.9 Å². The summed E-state index contributed by atoms with van der Waals surface area (Å²) in [7, 11) is -4.09. The van der Waals surface area contributed by atoms with E-state index in [1.165, 1.54) is 12.1 Å². The van der Waals surface area contributed by atoms with Crippen LogP contribution in [0.4, 0.5) is 10.1 Å². The predicted molar refractivity (Wildman–Crippen MR) is 105 cm³/mol. The summed E-state index contributed by atoms with van der Waals surface area (Å²) in [6, 6.07) is 8.97. The van der Waals surface area contributed by atoms with Crippen molar-refractivity contribution in [1.82, 2.24) is 4.72 Å². The van der Waals surface area contributed by atoms with Crippen LogP contribution in [0.3, 0.4) is 0 Å². The summed E-state index contributed by atoms with van der Waals surface area (Å²) in [4.78, 5) is 12.1. The molecule has 0 unspecified atom stereocenters. The smallest absolute Gasteiger partial charge is 0.255 e. The second-order valence-electron chi connectivity index (χ2n) is 6.43. The van der Waals surface area contributed by atoms with Crippen LogP contribution in [0.25, 0.3) is 0 Å². The quantitative estimate of drug-likeness (QED) is 0.703. The molecular weight excluding hydrogens is 367 g/mol. The SMILES string of the molecule is C=CCNS(=O)(=O)c1cc(C(=O)Nc2c(C)cccc2C(C)C)ccc1F. The fraction of sp³-hybridized carbons (Fsp3) is 0.250. The highest BCUT2D eigenvalue weighted by Crippen LogP contribution is 2.28. The zero-order valence-electron chi connectivity index (χ0n) is 15.5. The summed E-state index contributed by atoms with van der Waals surface area (Å²) >= 11 is 0. The van der Waals surface area contributed by atoms with Gasteiger partial charge in [0.25, 0.3) is 5.91 Å². The van der Waals surface area contributed by atoms with Gasteiger partial charge < -0.3 is 5.32 Å². The number of para-hydroxylation sites is 1. The lowest BCUT2D eigenvalue weighted by Gasteiger charge is -2.17. The number of sulfonamides is 1. The number of benzene rings is 2. The van der Waals surface area contributed by atoms with Gasteiger partial charge in [0.15, 0.2) is 0 Å². The zero-order chi connectivity index (χ0) is 20.2. The number of rotatable bonds is 7. The molecule has 2 N–H and O–H groups in total. The average Bonchev–Trinajstić information content (AvgIpc) is 2.61. The van der Waals surface area contributed by atoms with E-state index in [9.17, 15) is 17.6 Å². The third kappa shape index (κ3) is 4.81. The second-order valence-corrected chi connectivity index (χ2v) is 8.17. The number of nitrogens with one attached hydrogen (secondary N) is 2. The molecule has 0 aromatic heterocycles. The maximum Gasteiger partial charge on any atom is 0.255 e. The van der Waals surface area contributed by atoms with Crippen LogP contribution >= 0.6 is 0 Å². The Kier molecular flexibility index (Phi) is 6.51. The van der Waals surface area contributed by atoms with Gasteiger partial charge in [0.1, 0.15) is 10.7 Å². The van der Waals surface area contributed by atoms with Crippen molar-refractivity contribution in [3.8, 4) is 0 Å². The largest absolute Gasteiger partial charge is 0.321 e. The minimum absolute atomic E-state index is 0.0425. The molecule has 0 spiro atoms. The van der Waals surface area contributed by atoms with E-state index in [0.717, 1.165) is 23.3 Å². The van der Waals surface area contributed by atoms with Crippen LogP contribution in [0.1, 0.15) is 41.3 Å². The molecule has 0 fully saturated rings. The van der Waals surface area contributed by atoms with Crippen molar-refractivity contribution in [3.05, 3.63) is 71.6 Å². The van der Waals surface area contributed by atoms with E-state index in [1.807, 2.05) is 39.0 Å². The number of halogens is 1. The third-order valence-electron chi connectivity index (χ3n) is 4.07. The van der Waals surface area contributed by atoms with Gasteiger partial charge in [-0.3, -0.25) is 4.79 Å². The van der Waals surface area contributed by atoms with Gasteiger partial charge in [-0.25, -0.2) is 17.5 Å². The number of carbonyl (C=O) groups excluding carboxylic acids is 1. The number of aryl methyl sites for hydroxylation is 1. The van der Waals surface area contributed by atoms with Crippen molar-refractivity contribution in [2.75, 3.05) is 11.9 Å². The topological polar surface area (TPSA) is 75.3 Å². The van der Waals surface area contributed by atoms with Gasteiger partial charge in [0.05, 0.1) is 0 Å². The van der Waals surface area contributed by atoms with Crippen LogP contribution < -0.4 is 10.0 Å². The van der Waals surface area contributed by atoms with Gasteiger partial charge in [-0.1, -0.05) is 38.1 Å². The average molecular weight is 390 g/mol. The fourth-order valence-electron chi connectivity index (χ4n) is 2.62. The molecule has 1 amide bonds. The van der Waals surface area contributed by atoms with E-state index in [0.29, 0.717) is 5.69 Å². The molecule has 2 aromatic rings. The number of anilines is 1. The molecule has 144 valence electrons. The Morgan fingerprint density at radius 1 is 1.26 bits per heavy atom. The molecule has 0 heterocycles. The van der Waals surface area contributed by atoms with Crippen molar-refractivity contribution in [1.29, 1.82) is 0 Å². The summed E-state index contributed by atoms with van der Waals surface area (Å²) < 4.78 is 40.7. The molecule has 7 heteroatoms.